The van der Waals surface area contributed by atoms with Gasteiger partial charge in [0.2, 0.25) is 0 Å². The van der Waals surface area contributed by atoms with E-state index in [9.17, 15) is 4.79 Å². The summed E-state index contributed by atoms with van der Waals surface area (Å²) in [5.41, 5.74) is 2.66. The fourth-order valence-corrected chi connectivity index (χ4v) is 3.17. The van der Waals surface area contributed by atoms with Crippen molar-refractivity contribution in [1.29, 1.82) is 0 Å². The van der Waals surface area contributed by atoms with Gasteiger partial charge in [-0.3, -0.25) is 9.69 Å². The van der Waals surface area contributed by atoms with Gasteiger partial charge in [0.1, 0.15) is 17.2 Å². The first-order valence-corrected chi connectivity index (χ1v) is 8.80. The predicted octanol–water partition coefficient (Wildman–Crippen LogP) is 4.44. The second kappa shape index (κ2) is 6.53. The zero-order chi connectivity index (χ0) is 17.4. The minimum absolute atomic E-state index is 0.0950. The number of benzene rings is 1. The van der Waals surface area contributed by atoms with E-state index in [1.807, 2.05) is 38.1 Å². The second-order valence-corrected chi connectivity index (χ2v) is 6.81. The third kappa shape index (κ3) is 2.91. The summed E-state index contributed by atoms with van der Waals surface area (Å²) in [6.07, 6.45) is 1.74. The predicted molar refractivity (Wildman–Crippen MR) is 102 cm³/mol. The molecule has 1 aromatic carbocycles. The van der Waals surface area contributed by atoms with E-state index < -0.39 is 0 Å². The number of halogens is 1. The molecule has 1 aliphatic rings. The van der Waals surface area contributed by atoms with Gasteiger partial charge >= 0.3 is 0 Å². The number of furan rings is 1. The van der Waals surface area contributed by atoms with Crippen LogP contribution in [0.1, 0.15) is 18.2 Å². The van der Waals surface area contributed by atoms with Crippen LogP contribution in [0.3, 0.4) is 0 Å². The zero-order valence-electron chi connectivity index (χ0n) is 13.7. The molecule has 0 atom stereocenters. The molecule has 6 heteroatoms. The van der Waals surface area contributed by atoms with Crippen molar-refractivity contribution in [2.75, 3.05) is 13.6 Å². The van der Waals surface area contributed by atoms with Crippen LogP contribution in [0.25, 0.3) is 17.4 Å². The Morgan fingerprint density at radius 3 is 2.67 bits per heavy atom. The van der Waals surface area contributed by atoms with Gasteiger partial charge in [-0.25, -0.2) is 0 Å². The lowest BCUT2D eigenvalue weighted by atomic mass is 10.1. The van der Waals surface area contributed by atoms with E-state index in [2.05, 4.69) is 22.0 Å². The highest BCUT2D eigenvalue weighted by Gasteiger charge is 2.34. The Bertz CT molecular complexity index is 856. The molecule has 1 amide bonds. The van der Waals surface area contributed by atoms with Gasteiger partial charge in [-0.15, -0.1) is 0 Å². The Hall–Kier alpha value is -1.92. The number of rotatable bonds is 3. The molecular formula is C18H17BrN2O2S. The van der Waals surface area contributed by atoms with Gasteiger partial charge < -0.3 is 9.32 Å². The van der Waals surface area contributed by atoms with Crippen LogP contribution in [0.5, 0.6) is 0 Å². The van der Waals surface area contributed by atoms with Crippen LogP contribution in [-0.2, 0) is 4.79 Å². The molecule has 0 saturated carbocycles. The number of thiocarbonyl (C=S) groups is 1. The molecule has 4 nitrogen and oxygen atoms in total. The Morgan fingerprint density at radius 1 is 1.29 bits per heavy atom. The first kappa shape index (κ1) is 16.9. The van der Waals surface area contributed by atoms with Gasteiger partial charge in [0.05, 0.1) is 0 Å². The van der Waals surface area contributed by atoms with Crippen molar-refractivity contribution < 1.29 is 9.21 Å². The number of amides is 1. The molecule has 0 radical (unpaired) electrons. The highest BCUT2D eigenvalue weighted by molar-refractivity contribution is 9.10. The molecule has 0 N–H and O–H groups in total. The van der Waals surface area contributed by atoms with Gasteiger partial charge in [-0.1, -0.05) is 22.0 Å². The number of carbonyl (C=O) groups is 1. The highest BCUT2D eigenvalue weighted by Crippen LogP contribution is 2.28. The van der Waals surface area contributed by atoms with E-state index in [1.165, 1.54) is 0 Å². The molecule has 124 valence electrons. The monoisotopic (exact) mass is 404 g/mol. The number of likely N-dealkylation sites (N-methyl/N-ethyl adjacent to an activating group) is 2. The van der Waals surface area contributed by atoms with E-state index in [1.54, 1.807) is 22.9 Å². The molecule has 2 heterocycles. The molecule has 0 unspecified atom stereocenters. The van der Waals surface area contributed by atoms with Crippen molar-refractivity contribution in [3.63, 3.8) is 0 Å². The summed E-state index contributed by atoms with van der Waals surface area (Å²) in [5, 5.41) is 0.518. The summed E-state index contributed by atoms with van der Waals surface area (Å²) < 4.78 is 6.96. The van der Waals surface area contributed by atoms with E-state index in [0.29, 0.717) is 23.1 Å². The number of aryl methyl sites for hydroxylation is 1. The Morgan fingerprint density at radius 2 is 2.04 bits per heavy atom. The van der Waals surface area contributed by atoms with Crippen molar-refractivity contribution in [1.82, 2.24) is 9.80 Å². The zero-order valence-corrected chi connectivity index (χ0v) is 16.1. The van der Waals surface area contributed by atoms with Crippen LogP contribution in [0.15, 0.2) is 44.9 Å². The summed E-state index contributed by atoms with van der Waals surface area (Å²) in [6, 6.07) is 9.81. The molecule has 0 spiro atoms. The molecule has 3 rings (SSSR count). The number of hydrogen-bond acceptors (Lipinski definition) is 3. The molecule has 0 bridgehead atoms. The summed E-state index contributed by atoms with van der Waals surface area (Å²) in [7, 11) is 1.80. The van der Waals surface area contributed by atoms with Crippen LogP contribution in [0, 0.1) is 6.92 Å². The van der Waals surface area contributed by atoms with Crippen LogP contribution in [0.2, 0.25) is 0 Å². The Labute approximate surface area is 154 Å². The van der Waals surface area contributed by atoms with Crippen molar-refractivity contribution in [3.8, 4) is 11.3 Å². The maximum atomic E-state index is 12.4. The number of carbonyl (C=O) groups excluding carboxylic acids is 1. The maximum absolute atomic E-state index is 12.4. The standard InChI is InChI=1S/C18H17BrN2O2S/c1-4-21-17(22)15(20(3)18(21)24)10-13-6-8-16(23-13)12-5-7-14(19)11(2)9-12/h5-10H,4H2,1-3H3/b15-10-. The number of hydrogen-bond donors (Lipinski definition) is 0. The topological polar surface area (TPSA) is 36.7 Å². The second-order valence-electron chi connectivity index (χ2n) is 5.59. The van der Waals surface area contributed by atoms with Gasteiger partial charge in [0.25, 0.3) is 5.91 Å². The summed E-state index contributed by atoms with van der Waals surface area (Å²) >= 11 is 8.79. The van der Waals surface area contributed by atoms with Crippen molar-refractivity contribution >= 4 is 45.2 Å². The van der Waals surface area contributed by atoms with Gasteiger partial charge in [-0.05, 0) is 55.9 Å². The van der Waals surface area contributed by atoms with E-state index >= 15 is 0 Å². The maximum Gasteiger partial charge on any atom is 0.276 e. The molecule has 1 aliphatic heterocycles. The average molecular weight is 405 g/mol. The van der Waals surface area contributed by atoms with Crippen LogP contribution >= 0.6 is 28.1 Å². The Balaban J connectivity index is 1.92. The molecule has 1 aromatic heterocycles. The van der Waals surface area contributed by atoms with E-state index in [-0.39, 0.29) is 5.91 Å². The summed E-state index contributed by atoms with van der Waals surface area (Å²) in [4.78, 5) is 15.7. The van der Waals surface area contributed by atoms with E-state index in [4.69, 9.17) is 16.6 Å². The summed E-state index contributed by atoms with van der Waals surface area (Å²) in [5.74, 6) is 1.30. The molecular weight excluding hydrogens is 388 g/mol. The van der Waals surface area contributed by atoms with E-state index in [0.717, 1.165) is 21.4 Å². The molecule has 1 saturated heterocycles. The van der Waals surface area contributed by atoms with Crippen LogP contribution in [0.4, 0.5) is 0 Å². The normalized spacial score (nSPS) is 16.6. The first-order valence-electron chi connectivity index (χ1n) is 7.60. The van der Waals surface area contributed by atoms with Crippen molar-refractivity contribution in [2.45, 2.75) is 13.8 Å². The highest BCUT2D eigenvalue weighted by atomic mass is 79.9. The third-order valence-electron chi connectivity index (χ3n) is 4.01. The molecule has 1 fully saturated rings. The summed E-state index contributed by atoms with van der Waals surface area (Å²) in [6.45, 7) is 4.49. The van der Waals surface area contributed by atoms with Crippen molar-refractivity contribution in [2.24, 2.45) is 0 Å². The first-order chi connectivity index (χ1) is 11.4. The fourth-order valence-electron chi connectivity index (χ4n) is 2.61. The molecule has 0 aliphatic carbocycles. The van der Waals surface area contributed by atoms with Crippen molar-refractivity contribution in [3.05, 3.63) is 51.8 Å². The van der Waals surface area contributed by atoms with Crippen LogP contribution < -0.4 is 0 Å². The lowest BCUT2D eigenvalue weighted by Gasteiger charge is -2.13. The fraction of sp³-hybridized carbons (Fsp3) is 0.222. The smallest absolute Gasteiger partial charge is 0.276 e. The minimum atomic E-state index is -0.0950. The van der Waals surface area contributed by atoms with Gasteiger partial charge in [0, 0.05) is 29.7 Å². The molecule has 2 aromatic rings. The van der Waals surface area contributed by atoms with Gasteiger partial charge in [0.15, 0.2) is 5.11 Å². The van der Waals surface area contributed by atoms with Crippen LogP contribution in [-0.4, -0.2) is 34.4 Å². The number of nitrogens with zero attached hydrogens (tertiary/aromatic N) is 2. The third-order valence-corrected chi connectivity index (χ3v) is 5.39. The largest absolute Gasteiger partial charge is 0.457 e. The molecule has 24 heavy (non-hydrogen) atoms. The van der Waals surface area contributed by atoms with Gasteiger partial charge in [-0.2, -0.15) is 0 Å². The lowest BCUT2D eigenvalue weighted by molar-refractivity contribution is -0.122. The lowest BCUT2D eigenvalue weighted by Crippen LogP contribution is -2.30. The quantitative estimate of drug-likeness (QED) is 0.559. The Kier molecular flexibility index (Phi) is 4.60. The average Bonchev–Trinajstić information content (AvgIpc) is 3.10. The SMILES string of the molecule is CCN1C(=O)/C(=C/c2ccc(-c3ccc(Br)c(C)c3)o2)N(C)C1=S. The minimum Gasteiger partial charge on any atom is -0.457 e.